The number of carbonyl (C=O) groups is 1. The number of hydrogen-bond acceptors (Lipinski definition) is 3. The summed E-state index contributed by atoms with van der Waals surface area (Å²) in [5.74, 6) is 0.0778. The minimum Gasteiger partial charge on any atom is -0.353 e. The first kappa shape index (κ1) is 18.8. The Kier molecular flexibility index (Phi) is 6.61. The molecule has 1 amide bonds. The van der Waals surface area contributed by atoms with Crippen LogP contribution in [0.2, 0.25) is 0 Å². The van der Waals surface area contributed by atoms with Crippen LogP contribution in [0.1, 0.15) is 44.9 Å². The van der Waals surface area contributed by atoms with Gasteiger partial charge in [-0.05, 0) is 37.5 Å². The van der Waals surface area contributed by atoms with E-state index in [1.54, 1.807) is 6.07 Å². The van der Waals surface area contributed by atoms with E-state index >= 15 is 0 Å². The lowest BCUT2D eigenvalue weighted by molar-refractivity contribution is -0.122. The maximum absolute atomic E-state index is 12.1. The topological polar surface area (TPSA) is 64.0 Å². The van der Waals surface area contributed by atoms with Crippen molar-refractivity contribution in [2.24, 2.45) is 0 Å². The third-order valence-electron chi connectivity index (χ3n) is 4.75. The summed E-state index contributed by atoms with van der Waals surface area (Å²) in [5.41, 5.74) is 1.57. The molecule has 138 valence electrons. The molecule has 6 heteroatoms. The lowest BCUT2D eigenvalue weighted by atomic mass is 9.95. The fraction of sp³-hybridized carbons (Fsp3) is 0.450. The summed E-state index contributed by atoms with van der Waals surface area (Å²) in [6.07, 6.45) is 6.88. The molecule has 0 saturated heterocycles. The van der Waals surface area contributed by atoms with Gasteiger partial charge in [-0.25, -0.2) is 4.68 Å². The summed E-state index contributed by atoms with van der Waals surface area (Å²) in [7, 11) is 0. The summed E-state index contributed by atoms with van der Waals surface area (Å²) in [5, 5.41) is 7.55. The molecule has 0 spiro atoms. The zero-order valence-corrected chi connectivity index (χ0v) is 16.4. The fourth-order valence-corrected chi connectivity index (χ4v) is 3.58. The first-order chi connectivity index (χ1) is 12.6. The van der Waals surface area contributed by atoms with Gasteiger partial charge in [-0.1, -0.05) is 47.3 Å². The third kappa shape index (κ3) is 5.27. The second-order valence-electron chi connectivity index (χ2n) is 6.79. The number of carbonyl (C=O) groups excluding carboxylic acids is 1. The van der Waals surface area contributed by atoms with Crippen LogP contribution in [0.4, 0.5) is 0 Å². The molecule has 2 aromatic rings. The van der Waals surface area contributed by atoms with E-state index in [4.69, 9.17) is 0 Å². The summed E-state index contributed by atoms with van der Waals surface area (Å²) in [6, 6.07) is 11.4. The number of nitrogens with one attached hydrogen (secondary N) is 1. The van der Waals surface area contributed by atoms with Gasteiger partial charge in [0.1, 0.15) is 0 Å². The standard InChI is InChI=1S/C20H24BrN3O2/c21-16-10-8-15(9-11-16)18-12-13-20(26)24(23-18)14-4-7-19(25)22-17-5-2-1-3-6-17/h8-13,17H,1-7,14H2,(H,22,25). The van der Waals surface area contributed by atoms with E-state index < -0.39 is 0 Å². The highest BCUT2D eigenvalue weighted by molar-refractivity contribution is 9.10. The van der Waals surface area contributed by atoms with Crippen molar-refractivity contribution >= 4 is 21.8 Å². The van der Waals surface area contributed by atoms with Crippen molar-refractivity contribution in [1.82, 2.24) is 15.1 Å². The molecule has 0 unspecified atom stereocenters. The molecule has 1 aromatic carbocycles. The van der Waals surface area contributed by atoms with Crippen LogP contribution in [-0.4, -0.2) is 21.7 Å². The first-order valence-electron chi connectivity index (χ1n) is 9.25. The van der Waals surface area contributed by atoms with Crippen molar-refractivity contribution in [3.8, 4) is 11.3 Å². The highest BCUT2D eigenvalue weighted by Crippen LogP contribution is 2.19. The van der Waals surface area contributed by atoms with E-state index in [2.05, 4.69) is 26.3 Å². The number of amides is 1. The Balaban J connectivity index is 1.55. The Bertz CT molecular complexity index is 795. The van der Waals surface area contributed by atoms with E-state index in [0.717, 1.165) is 28.6 Å². The van der Waals surface area contributed by atoms with E-state index in [1.807, 2.05) is 24.3 Å². The van der Waals surface area contributed by atoms with Crippen LogP contribution in [0.5, 0.6) is 0 Å². The van der Waals surface area contributed by atoms with Crippen LogP contribution in [0.15, 0.2) is 45.7 Å². The van der Waals surface area contributed by atoms with E-state index in [1.165, 1.54) is 30.0 Å². The maximum atomic E-state index is 12.1. The Morgan fingerprint density at radius 3 is 2.58 bits per heavy atom. The molecule has 0 radical (unpaired) electrons. The molecule has 1 fully saturated rings. The number of rotatable bonds is 6. The van der Waals surface area contributed by atoms with Gasteiger partial charge in [0, 0.05) is 35.1 Å². The number of aromatic nitrogens is 2. The van der Waals surface area contributed by atoms with Gasteiger partial charge < -0.3 is 5.32 Å². The highest BCUT2D eigenvalue weighted by atomic mass is 79.9. The Morgan fingerprint density at radius 1 is 1.12 bits per heavy atom. The molecular formula is C20H24BrN3O2. The van der Waals surface area contributed by atoms with Crippen molar-refractivity contribution in [2.45, 2.75) is 57.5 Å². The number of halogens is 1. The zero-order chi connectivity index (χ0) is 18.4. The second-order valence-corrected chi connectivity index (χ2v) is 7.71. The molecule has 1 aromatic heterocycles. The fourth-order valence-electron chi connectivity index (χ4n) is 3.32. The van der Waals surface area contributed by atoms with Crippen molar-refractivity contribution in [3.63, 3.8) is 0 Å². The summed E-state index contributed by atoms with van der Waals surface area (Å²) in [6.45, 7) is 0.446. The van der Waals surface area contributed by atoms with Crippen LogP contribution in [0.25, 0.3) is 11.3 Å². The van der Waals surface area contributed by atoms with Gasteiger partial charge in [0.15, 0.2) is 0 Å². The Hall–Kier alpha value is -1.95. The second kappa shape index (κ2) is 9.12. The molecule has 1 aliphatic carbocycles. The smallest absolute Gasteiger partial charge is 0.266 e. The molecule has 1 saturated carbocycles. The van der Waals surface area contributed by atoms with E-state index in [9.17, 15) is 9.59 Å². The van der Waals surface area contributed by atoms with Gasteiger partial charge in [0.25, 0.3) is 5.56 Å². The highest BCUT2D eigenvalue weighted by Gasteiger charge is 2.15. The summed E-state index contributed by atoms with van der Waals surface area (Å²) < 4.78 is 2.45. The van der Waals surface area contributed by atoms with Crippen LogP contribution in [0, 0.1) is 0 Å². The molecule has 1 heterocycles. The van der Waals surface area contributed by atoms with Crippen LogP contribution < -0.4 is 10.9 Å². The minimum absolute atomic E-state index is 0.0778. The molecule has 1 N–H and O–H groups in total. The Labute approximate surface area is 161 Å². The maximum Gasteiger partial charge on any atom is 0.266 e. The van der Waals surface area contributed by atoms with Crippen molar-refractivity contribution in [3.05, 3.63) is 51.2 Å². The molecule has 0 aliphatic heterocycles. The molecule has 3 rings (SSSR count). The molecular weight excluding hydrogens is 394 g/mol. The number of benzene rings is 1. The monoisotopic (exact) mass is 417 g/mol. The first-order valence-corrected chi connectivity index (χ1v) is 10.0. The average molecular weight is 418 g/mol. The zero-order valence-electron chi connectivity index (χ0n) is 14.8. The predicted molar refractivity (Wildman–Crippen MR) is 106 cm³/mol. The van der Waals surface area contributed by atoms with Gasteiger partial charge in [-0.3, -0.25) is 9.59 Å². The van der Waals surface area contributed by atoms with Gasteiger partial charge in [-0.2, -0.15) is 5.10 Å². The van der Waals surface area contributed by atoms with Gasteiger partial charge in [0.2, 0.25) is 5.91 Å². The molecule has 26 heavy (non-hydrogen) atoms. The number of aryl methyl sites for hydroxylation is 1. The van der Waals surface area contributed by atoms with Gasteiger partial charge in [0.05, 0.1) is 5.69 Å². The van der Waals surface area contributed by atoms with Crippen LogP contribution in [-0.2, 0) is 11.3 Å². The lowest BCUT2D eigenvalue weighted by Crippen LogP contribution is -2.36. The normalized spacial score (nSPS) is 15.0. The van der Waals surface area contributed by atoms with E-state index in [0.29, 0.717) is 25.4 Å². The van der Waals surface area contributed by atoms with Crippen molar-refractivity contribution in [2.75, 3.05) is 0 Å². The largest absolute Gasteiger partial charge is 0.353 e. The van der Waals surface area contributed by atoms with Crippen LogP contribution >= 0.6 is 15.9 Å². The van der Waals surface area contributed by atoms with Gasteiger partial charge >= 0.3 is 0 Å². The predicted octanol–water partition coefficient (Wildman–Crippen LogP) is 3.90. The number of nitrogens with zero attached hydrogens (tertiary/aromatic N) is 2. The van der Waals surface area contributed by atoms with Crippen LogP contribution in [0.3, 0.4) is 0 Å². The minimum atomic E-state index is -0.140. The van der Waals surface area contributed by atoms with E-state index in [-0.39, 0.29) is 11.5 Å². The van der Waals surface area contributed by atoms with Crippen molar-refractivity contribution in [1.29, 1.82) is 0 Å². The molecule has 1 aliphatic rings. The summed E-state index contributed by atoms with van der Waals surface area (Å²) in [4.78, 5) is 24.1. The van der Waals surface area contributed by atoms with Gasteiger partial charge in [-0.15, -0.1) is 0 Å². The van der Waals surface area contributed by atoms with Crippen molar-refractivity contribution < 1.29 is 4.79 Å². The Morgan fingerprint density at radius 2 is 1.85 bits per heavy atom. The molecule has 0 atom stereocenters. The molecule has 5 nitrogen and oxygen atoms in total. The molecule has 0 bridgehead atoms. The average Bonchev–Trinajstić information content (AvgIpc) is 2.65. The SMILES string of the molecule is O=C(CCCn1nc(-c2ccc(Br)cc2)ccc1=O)NC1CCCCC1. The quantitative estimate of drug-likeness (QED) is 0.774. The third-order valence-corrected chi connectivity index (χ3v) is 5.28. The lowest BCUT2D eigenvalue weighted by Gasteiger charge is -2.22. The number of hydrogen-bond donors (Lipinski definition) is 1. The summed E-state index contributed by atoms with van der Waals surface area (Å²) >= 11 is 3.41.